The van der Waals surface area contributed by atoms with E-state index in [4.69, 9.17) is 11.6 Å². The van der Waals surface area contributed by atoms with Crippen LogP contribution < -0.4 is 10.6 Å². The van der Waals surface area contributed by atoms with Crippen molar-refractivity contribution in [1.82, 2.24) is 4.98 Å². The lowest BCUT2D eigenvalue weighted by molar-refractivity contribution is -0.384. The van der Waals surface area contributed by atoms with Crippen LogP contribution in [0.4, 0.5) is 16.5 Å². The molecule has 0 fully saturated rings. The van der Waals surface area contributed by atoms with Crippen LogP contribution in [0.15, 0.2) is 18.2 Å². The Morgan fingerprint density at radius 3 is 2.48 bits per heavy atom. The minimum Gasteiger partial charge on any atom is -0.318 e. The standard InChI is InChI=1S/C13H11ClN4O4S/c1-6-7(2)23-13(15-6)17-12(20)11(19)16-8-3-4-9(14)10(5-8)18(21)22/h3-5H,1-2H3,(H,16,19)(H,15,17,20). The van der Waals surface area contributed by atoms with E-state index in [1.54, 1.807) is 6.92 Å². The fourth-order valence-electron chi connectivity index (χ4n) is 1.60. The van der Waals surface area contributed by atoms with E-state index in [0.717, 1.165) is 16.6 Å². The number of halogens is 1. The third-order valence-electron chi connectivity index (χ3n) is 2.86. The van der Waals surface area contributed by atoms with Gasteiger partial charge in [0.1, 0.15) is 5.02 Å². The summed E-state index contributed by atoms with van der Waals surface area (Å²) >= 11 is 6.92. The number of carbonyl (C=O) groups excluding carboxylic acids is 2. The summed E-state index contributed by atoms with van der Waals surface area (Å²) in [6.07, 6.45) is 0. The smallest absolute Gasteiger partial charge is 0.315 e. The SMILES string of the molecule is Cc1nc(NC(=O)C(=O)Nc2ccc(Cl)c([N+](=O)[O-])c2)sc1C. The molecule has 2 aromatic rings. The molecular weight excluding hydrogens is 344 g/mol. The summed E-state index contributed by atoms with van der Waals surface area (Å²) in [5, 5.41) is 15.7. The highest BCUT2D eigenvalue weighted by atomic mass is 35.5. The van der Waals surface area contributed by atoms with Crippen LogP contribution in [0.1, 0.15) is 10.6 Å². The van der Waals surface area contributed by atoms with E-state index in [1.165, 1.54) is 23.5 Å². The monoisotopic (exact) mass is 354 g/mol. The van der Waals surface area contributed by atoms with E-state index in [2.05, 4.69) is 15.6 Å². The molecule has 120 valence electrons. The first-order valence-corrected chi connectivity index (χ1v) is 7.47. The van der Waals surface area contributed by atoms with Gasteiger partial charge in [0.05, 0.1) is 10.6 Å². The number of aromatic nitrogens is 1. The Kier molecular flexibility index (Phi) is 4.92. The fraction of sp³-hybridized carbons (Fsp3) is 0.154. The van der Waals surface area contributed by atoms with Crippen LogP contribution in [-0.2, 0) is 9.59 Å². The van der Waals surface area contributed by atoms with Gasteiger partial charge < -0.3 is 5.32 Å². The molecule has 0 saturated carbocycles. The molecule has 8 nitrogen and oxygen atoms in total. The van der Waals surface area contributed by atoms with E-state index in [-0.39, 0.29) is 16.4 Å². The highest BCUT2D eigenvalue weighted by molar-refractivity contribution is 7.15. The molecule has 0 aliphatic heterocycles. The molecule has 2 rings (SSSR count). The molecule has 0 unspecified atom stereocenters. The molecule has 0 bridgehead atoms. The Bertz CT molecular complexity index is 786. The van der Waals surface area contributed by atoms with E-state index < -0.39 is 16.7 Å². The summed E-state index contributed by atoms with van der Waals surface area (Å²) in [6, 6.07) is 3.70. The van der Waals surface area contributed by atoms with Crippen molar-refractivity contribution >= 4 is 51.3 Å². The zero-order valence-electron chi connectivity index (χ0n) is 12.0. The second-order valence-corrected chi connectivity index (χ2v) is 6.10. The highest BCUT2D eigenvalue weighted by Gasteiger charge is 2.18. The minimum atomic E-state index is -0.966. The van der Waals surface area contributed by atoms with Crippen molar-refractivity contribution in [2.45, 2.75) is 13.8 Å². The van der Waals surface area contributed by atoms with Crippen molar-refractivity contribution in [1.29, 1.82) is 0 Å². The number of nitrogens with one attached hydrogen (secondary N) is 2. The predicted molar refractivity (Wildman–Crippen MR) is 87.0 cm³/mol. The predicted octanol–water partition coefficient (Wildman–Crippen LogP) is 2.90. The molecule has 0 aliphatic carbocycles. The van der Waals surface area contributed by atoms with Gasteiger partial charge in [-0.3, -0.25) is 25.0 Å². The van der Waals surface area contributed by atoms with Gasteiger partial charge in [0.15, 0.2) is 5.13 Å². The number of hydrogen-bond donors (Lipinski definition) is 2. The van der Waals surface area contributed by atoms with Gasteiger partial charge >= 0.3 is 11.8 Å². The van der Waals surface area contributed by atoms with Crippen molar-refractivity contribution in [3.05, 3.63) is 43.9 Å². The third kappa shape index (κ3) is 4.02. The summed E-state index contributed by atoms with van der Waals surface area (Å²) in [7, 11) is 0. The van der Waals surface area contributed by atoms with Crippen molar-refractivity contribution in [2.75, 3.05) is 10.6 Å². The average molecular weight is 355 g/mol. The van der Waals surface area contributed by atoms with Crippen LogP contribution in [0.25, 0.3) is 0 Å². The maximum atomic E-state index is 11.8. The number of benzene rings is 1. The largest absolute Gasteiger partial charge is 0.318 e. The molecule has 1 aromatic carbocycles. The van der Waals surface area contributed by atoms with Gasteiger partial charge in [0.25, 0.3) is 5.69 Å². The summed E-state index contributed by atoms with van der Waals surface area (Å²) in [5.41, 5.74) is 0.489. The van der Waals surface area contributed by atoms with Crippen molar-refractivity contribution < 1.29 is 14.5 Å². The Morgan fingerprint density at radius 2 is 1.91 bits per heavy atom. The van der Waals surface area contributed by atoms with Crippen molar-refractivity contribution in [2.24, 2.45) is 0 Å². The molecule has 0 saturated heterocycles. The zero-order chi connectivity index (χ0) is 17.1. The quantitative estimate of drug-likeness (QED) is 0.499. The van der Waals surface area contributed by atoms with Gasteiger partial charge in [0, 0.05) is 16.6 Å². The number of amides is 2. The van der Waals surface area contributed by atoms with Crippen LogP contribution in [0.2, 0.25) is 5.02 Å². The molecule has 2 N–H and O–H groups in total. The Morgan fingerprint density at radius 1 is 1.26 bits per heavy atom. The lowest BCUT2D eigenvalue weighted by atomic mass is 10.2. The zero-order valence-corrected chi connectivity index (χ0v) is 13.6. The number of nitro benzene ring substituents is 1. The summed E-state index contributed by atoms with van der Waals surface area (Å²) in [6.45, 7) is 3.63. The second-order valence-electron chi connectivity index (χ2n) is 4.49. The van der Waals surface area contributed by atoms with Crippen LogP contribution in [0, 0.1) is 24.0 Å². The second kappa shape index (κ2) is 6.71. The third-order valence-corrected chi connectivity index (χ3v) is 4.16. The van der Waals surface area contributed by atoms with E-state index in [9.17, 15) is 19.7 Å². The number of nitro groups is 1. The van der Waals surface area contributed by atoms with E-state index >= 15 is 0 Å². The van der Waals surface area contributed by atoms with Crippen molar-refractivity contribution in [3.63, 3.8) is 0 Å². The van der Waals surface area contributed by atoms with Crippen LogP contribution in [-0.4, -0.2) is 21.7 Å². The number of rotatable bonds is 3. The normalized spacial score (nSPS) is 10.2. The molecule has 1 heterocycles. The molecule has 23 heavy (non-hydrogen) atoms. The van der Waals surface area contributed by atoms with Gasteiger partial charge in [0.2, 0.25) is 0 Å². The number of hydrogen-bond acceptors (Lipinski definition) is 6. The van der Waals surface area contributed by atoms with Gasteiger partial charge in [-0.25, -0.2) is 4.98 Å². The maximum Gasteiger partial charge on any atom is 0.315 e. The first-order chi connectivity index (χ1) is 10.8. The first-order valence-electron chi connectivity index (χ1n) is 6.28. The minimum absolute atomic E-state index is 0.0637. The van der Waals surface area contributed by atoms with Gasteiger partial charge in [-0.2, -0.15) is 0 Å². The van der Waals surface area contributed by atoms with Crippen LogP contribution in [0.3, 0.4) is 0 Å². The summed E-state index contributed by atoms with van der Waals surface area (Å²) in [4.78, 5) is 38.8. The molecule has 0 atom stereocenters. The number of aryl methyl sites for hydroxylation is 2. The van der Waals surface area contributed by atoms with Crippen LogP contribution in [0.5, 0.6) is 0 Å². The van der Waals surface area contributed by atoms with E-state index in [1.807, 2.05) is 6.92 Å². The number of thiazole rings is 1. The molecular formula is C13H11ClN4O4S. The number of carbonyl (C=O) groups is 2. The molecule has 0 radical (unpaired) electrons. The number of anilines is 2. The van der Waals surface area contributed by atoms with Gasteiger partial charge in [-0.1, -0.05) is 11.6 Å². The molecule has 0 aliphatic rings. The number of nitrogens with zero attached hydrogens (tertiary/aromatic N) is 2. The van der Waals surface area contributed by atoms with Gasteiger partial charge in [-0.15, -0.1) is 11.3 Å². The Balaban J connectivity index is 2.08. The lowest BCUT2D eigenvalue weighted by Gasteiger charge is -2.05. The Hall–Kier alpha value is -2.52. The van der Waals surface area contributed by atoms with E-state index in [0.29, 0.717) is 5.13 Å². The Labute approximate surface area is 139 Å². The topological polar surface area (TPSA) is 114 Å². The van der Waals surface area contributed by atoms with Crippen molar-refractivity contribution in [3.8, 4) is 0 Å². The van der Waals surface area contributed by atoms with Crippen LogP contribution >= 0.6 is 22.9 Å². The maximum absolute atomic E-state index is 11.8. The fourth-order valence-corrected chi connectivity index (χ4v) is 2.59. The molecule has 1 aromatic heterocycles. The average Bonchev–Trinajstić information content (AvgIpc) is 2.78. The lowest BCUT2D eigenvalue weighted by Crippen LogP contribution is -2.29. The molecule has 10 heteroatoms. The summed E-state index contributed by atoms with van der Waals surface area (Å²) < 4.78 is 0. The molecule has 2 amide bonds. The summed E-state index contributed by atoms with van der Waals surface area (Å²) in [5.74, 6) is -1.89. The van der Waals surface area contributed by atoms with Gasteiger partial charge in [-0.05, 0) is 26.0 Å². The highest BCUT2D eigenvalue weighted by Crippen LogP contribution is 2.27. The molecule has 0 spiro atoms. The first kappa shape index (κ1) is 16.8.